The second-order valence-corrected chi connectivity index (χ2v) is 3.03. The van der Waals surface area contributed by atoms with Crippen LogP contribution in [0.1, 0.15) is 0 Å². The van der Waals surface area contributed by atoms with Gasteiger partial charge < -0.3 is 9.51 Å². The maximum atomic E-state index is 4.97. The lowest BCUT2D eigenvalue weighted by atomic mass is 10.1. The second-order valence-electron chi connectivity index (χ2n) is 3.03. The van der Waals surface area contributed by atoms with E-state index in [0.717, 1.165) is 16.5 Å². The van der Waals surface area contributed by atoms with E-state index in [9.17, 15) is 0 Å². The summed E-state index contributed by atoms with van der Waals surface area (Å²) in [5.74, 6) is 0.549. The predicted octanol–water partition coefficient (Wildman–Crippen LogP) is 2.22. The van der Waals surface area contributed by atoms with Crippen LogP contribution in [0.15, 0.2) is 41.3 Å². The van der Waals surface area contributed by atoms with Crippen LogP contribution in [0.2, 0.25) is 0 Å². The fraction of sp³-hybridized carbons (Fsp3) is 0. The highest BCUT2D eigenvalue weighted by molar-refractivity contribution is 5.83. The van der Waals surface area contributed by atoms with Gasteiger partial charge in [-0.15, -0.1) is 0 Å². The Balaban J connectivity index is 2.23. The molecule has 0 amide bonds. The van der Waals surface area contributed by atoms with Crippen molar-refractivity contribution >= 4 is 10.9 Å². The Hall–Kier alpha value is -2.10. The van der Waals surface area contributed by atoms with Crippen molar-refractivity contribution in [2.75, 3.05) is 0 Å². The second kappa shape index (κ2) is 2.70. The molecule has 4 nitrogen and oxygen atoms in total. The van der Waals surface area contributed by atoms with Gasteiger partial charge in [-0.1, -0.05) is 5.16 Å². The molecule has 0 spiro atoms. The Morgan fingerprint density at radius 1 is 1.21 bits per heavy atom. The Kier molecular flexibility index (Phi) is 1.41. The third-order valence-corrected chi connectivity index (χ3v) is 2.16. The van der Waals surface area contributed by atoms with Crippen LogP contribution >= 0.6 is 0 Å². The van der Waals surface area contributed by atoms with Gasteiger partial charge in [0.15, 0.2) is 6.33 Å². The first kappa shape index (κ1) is 7.32. The molecule has 0 saturated heterocycles. The van der Waals surface area contributed by atoms with Gasteiger partial charge in [0.05, 0.1) is 0 Å². The molecular weight excluding hydrogens is 178 g/mol. The molecule has 0 radical (unpaired) electrons. The number of benzene rings is 1. The number of nitrogens with zero attached hydrogens (tertiary/aromatic N) is 2. The number of fused-ring (bicyclic) bond motifs is 1. The topological polar surface area (TPSA) is 54.7 Å². The predicted molar refractivity (Wildman–Crippen MR) is 51.6 cm³/mol. The quantitative estimate of drug-likeness (QED) is 0.632. The highest BCUT2D eigenvalue weighted by Gasteiger charge is 2.04. The summed E-state index contributed by atoms with van der Waals surface area (Å²) in [6.07, 6.45) is 3.30. The van der Waals surface area contributed by atoms with E-state index in [1.165, 1.54) is 6.33 Å². The minimum absolute atomic E-state index is 0.549. The number of rotatable bonds is 1. The number of H-pyrrole nitrogens is 1. The van der Waals surface area contributed by atoms with Crippen molar-refractivity contribution in [1.82, 2.24) is 15.1 Å². The van der Waals surface area contributed by atoms with Gasteiger partial charge in [0.25, 0.3) is 5.89 Å². The SMILES string of the molecule is c1noc(-c2ccc3[nH]ccc3c2)n1. The van der Waals surface area contributed by atoms with Crippen LogP contribution in [0.25, 0.3) is 22.4 Å². The van der Waals surface area contributed by atoms with Crippen LogP contribution in [-0.4, -0.2) is 15.1 Å². The van der Waals surface area contributed by atoms with Gasteiger partial charge >= 0.3 is 0 Å². The Labute approximate surface area is 79.6 Å². The van der Waals surface area contributed by atoms with Gasteiger partial charge in [0.2, 0.25) is 0 Å². The lowest BCUT2D eigenvalue weighted by Gasteiger charge is -1.94. The summed E-state index contributed by atoms with van der Waals surface area (Å²) in [7, 11) is 0. The lowest BCUT2D eigenvalue weighted by molar-refractivity contribution is 0.430. The van der Waals surface area contributed by atoms with E-state index in [-0.39, 0.29) is 0 Å². The molecule has 4 heteroatoms. The van der Waals surface area contributed by atoms with E-state index in [4.69, 9.17) is 4.52 Å². The largest absolute Gasteiger partial charge is 0.361 e. The molecule has 1 N–H and O–H groups in total. The van der Waals surface area contributed by atoms with Crippen molar-refractivity contribution in [3.63, 3.8) is 0 Å². The van der Waals surface area contributed by atoms with Crippen molar-refractivity contribution in [3.8, 4) is 11.5 Å². The molecule has 2 aromatic heterocycles. The smallest absolute Gasteiger partial charge is 0.257 e. The average Bonchev–Trinajstić information content (AvgIpc) is 2.88. The Morgan fingerprint density at radius 2 is 2.21 bits per heavy atom. The third-order valence-electron chi connectivity index (χ3n) is 2.16. The van der Waals surface area contributed by atoms with Crippen LogP contribution in [-0.2, 0) is 0 Å². The molecule has 0 atom stereocenters. The van der Waals surface area contributed by atoms with Gasteiger partial charge in [0.1, 0.15) is 0 Å². The van der Waals surface area contributed by atoms with Crippen LogP contribution in [0.4, 0.5) is 0 Å². The molecule has 1 aromatic carbocycles. The van der Waals surface area contributed by atoms with E-state index in [0.29, 0.717) is 5.89 Å². The standard InChI is InChI=1S/C10H7N3O/c1-2-9-7(3-4-11-9)5-8(1)10-12-6-13-14-10/h1-6,11H. The number of aromatic nitrogens is 3. The first-order chi connectivity index (χ1) is 6.93. The van der Waals surface area contributed by atoms with Crippen LogP contribution in [0.5, 0.6) is 0 Å². The molecule has 0 aliphatic heterocycles. The van der Waals surface area contributed by atoms with E-state index in [1.54, 1.807) is 0 Å². The van der Waals surface area contributed by atoms with Crippen LogP contribution in [0.3, 0.4) is 0 Å². The summed E-state index contributed by atoms with van der Waals surface area (Å²) < 4.78 is 4.97. The Bertz CT molecular complexity index is 554. The van der Waals surface area contributed by atoms with Crippen LogP contribution in [0, 0.1) is 0 Å². The van der Waals surface area contributed by atoms with Gasteiger partial charge in [-0.3, -0.25) is 0 Å². The third kappa shape index (κ3) is 1.01. The molecule has 3 rings (SSSR count). The average molecular weight is 185 g/mol. The maximum Gasteiger partial charge on any atom is 0.257 e. The van der Waals surface area contributed by atoms with E-state index >= 15 is 0 Å². The monoisotopic (exact) mass is 185 g/mol. The first-order valence-electron chi connectivity index (χ1n) is 4.28. The molecule has 68 valence electrons. The summed E-state index contributed by atoms with van der Waals surface area (Å²) >= 11 is 0. The zero-order chi connectivity index (χ0) is 9.38. The van der Waals surface area contributed by atoms with Crippen molar-refractivity contribution < 1.29 is 4.52 Å². The summed E-state index contributed by atoms with van der Waals surface area (Å²) in [6.45, 7) is 0. The first-order valence-corrected chi connectivity index (χ1v) is 4.28. The van der Waals surface area contributed by atoms with Gasteiger partial charge in [-0.05, 0) is 24.3 Å². The van der Waals surface area contributed by atoms with Crippen molar-refractivity contribution in [2.24, 2.45) is 0 Å². The maximum absolute atomic E-state index is 4.97. The fourth-order valence-electron chi connectivity index (χ4n) is 1.49. The van der Waals surface area contributed by atoms with Crippen molar-refractivity contribution in [1.29, 1.82) is 0 Å². The summed E-state index contributed by atoms with van der Waals surface area (Å²) in [6, 6.07) is 7.97. The fourth-order valence-corrected chi connectivity index (χ4v) is 1.49. The van der Waals surface area contributed by atoms with Gasteiger partial charge in [-0.2, -0.15) is 4.98 Å². The summed E-state index contributed by atoms with van der Waals surface area (Å²) in [5.41, 5.74) is 2.04. The molecule has 0 saturated carbocycles. The summed E-state index contributed by atoms with van der Waals surface area (Å²) in [5, 5.41) is 4.71. The number of hydrogen-bond acceptors (Lipinski definition) is 3. The Morgan fingerprint density at radius 3 is 3.07 bits per heavy atom. The van der Waals surface area contributed by atoms with Crippen molar-refractivity contribution in [3.05, 3.63) is 36.8 Å². The molecule has 0 unspecified atom stereocenters. The van der Waals surface area contributed by atoms with Gasteiger partial charge in [-0.25, -0.2) is 0 Å². The normalized spacial score (nSPS) is 10.9. The highest BCUT2D eigenvalue weighted by atomic mass is 16.5. The molecule has 2 heterocycles. The minimum atomic E-state index is 0.549. The molecule has 14 heavy (non-hydrogen) atoms. The number of aromatic amines is 1. The van der Waals surface area contributed by atoms with Crippen molar-refractivity contribution in [2.45, 2.75) is 0 Å². The van der Waals surface area contributed by atoms with E-state index in [1.807, 2.05) is 30.5 Å². The van der Waals surface area contributed by atoms with Gasteiger partial charge in [0, 0.05) is 22.7 Å². The van der Waals surface area contributed by atoms with E-state index in [2.05, 4.69) is 15.1 Å². The highest BCUT2D eigenvalue weighted by Crippen LogP contribution is 2.21. The molecule has 0 bridgehead atoms. The van der Waals surface area contributed by atoms with Crippen LogP contribution < -0.4 is 0 Å². The molecule has 0 aliphatic carbocycles. The number of hydrogen-bond donors (Lipinski definition) is 1. The molecular formula is C10H7N3O. The molecule has 0 fully saturated rings. The zero-order valence-electron chi connectivity index (χ0n) is 7.27. The lowest BCUT2D eigenvalue weighted by Crippen LogP contribution is -1.76. The van der Waals surface area contributed by atoms with E-state index < -0.39 is 0 Å². The zero-order valence-corrected chi connectivity index (χ0v) is 7.27. The number of nitrogens with one attached hydrogen (secondary N) is 1. The molecule has 0 aliphatic rings. The minimum Gasteiger partial charge on any atom is -0.361 e. The summed E-state index contributed by atoms with van der Waals surface area (Å²) in [4.78, 5) is 7.12. The molecule has 3 aromatic rings.